The molecule has 3 rings (SSSR count). The van der Waals surface area contributed by atoms with Crippen LogP contribution in [-0.2, 0) is 11.3 Å². The average molecular weight is 399 g/mol. The number of carboxylic acid groups (broad SMARTS) is 1. The lowest BCUT2D eigenvalue weighted by atomic mass is 10.1. The van der Waals surface area contributed by atoms with Crippen LogP contribution in [0.25, 0.3) is 0 Å². The van der Waals surface area contributed by atoms with Gasteiger partial charge in [-0.25, -0.2) is 9.48 Å². The molecular formula is C16H16Cl2N4O4. The van der Waals surface area contributed by atoms with E-state index in [2.05, 4.69) is 10.3 Å². The number of aromatic nitrogens is 3. The van der Waals surface area contributed by atoms with Crippen LogP contribution in [0.15, 0.2) is 24.4 Å². The number of piperidine rings is 1. The predicted molar refractivity (Wildman–Crippen MR) is 93.7 cm³/mol. The molecule has 1 aliphatic heterocycles. The molecule has 1 amide bonds. The van der Waals surface area contributed by atoms with E-state index in [4.69, 9.17) is 33.0 Å². The fourth-order valence-corrected chi connectivity index (χ4v) is 3.00. The molecule has 0 spiro atoms. The number of carbonyl (C=O) groups is 2. The summed E-state index contributed by atoms with van der Waals surface area (Å²) in [6.07, 6.45) is 2.69. The lowest BCUT2D eigenvalue weighted by molar-refractivity contribution is -0.134. The molecule has 0 radical (unpaired) electrons. The number of likely N-dealkylation sites (tertiary alicyclic amines) is 1. The normalized spacial score (nSPS) is 17.2. The topological polar surface area (TPSA) is 97.5 Å². The highest BCUT2D eigenvalue weighted by Gasteiger charge is 2.25. The van der Waals surface area contributed by atoms with Crippen molar-refractivity contribution in [3.63, 3.8) is 0 Å². The second-order valence-electron chi connectivity index (χ2n) is 5.90. The zero-order valence-corrected chi connectivity index (χ0v) is 15.2. The molecule has 1 fully saturated rings. The highest BCUT2D eigenvalue weighted by atomic mass is 35.5. The van der Waals surface area contributed by atoms with Crippen molar-refractivity contribution in [1.29, 1.82) is 0 Å². The number of aromatic carboxylic acids is 1. The third-order valence-electron chi connectivity index (χ3n) is 3.98. The van der Waals surface area contributed by atoms with Crippen molar-refractivity contribution in [1.82, 2.24) is 19.9 Å². The highest BCUT2D eigenvalue weighted by Crippen LogP contribution is 2.28. The number of hydrogen-bond donors (Lipinski definition) is 1. The smallest absolute Gasteiger partial charge is 0.358 e. The van der Waals surface area contributed by atoms with Gasteiger partial charge in [-0.3, -0.25) is 4.79 Å². The van der Waals surface area contributed by atoms with Crippen LogP contribution in [0.3, 0.4) is 0 Å². The maximum Gasteiger partial charge on any atom is 0.358 e. The first-order chi connectivity index (χ1) is 12.4. The van der Waals surface area contributed by atoms with Crippen molar-refractivity contribution in [3.05, 3.63) is 40.1 Å². The maximum atomic E-state index is 12.4. The van der Waals surface area contributed by atoms with Crippen molar-refractivity contribution in [2.45, 2.75) is 25.5 Å². The van der Waals surface area contributed by atoms with Crippen LogP contribution in [0.2, 0.25) is 10.0 Å². The van der Waals surface area contributed by atoms with E-state index in [1.807, 2.05) is 0 Å². The van der Waals surface area contributed by atoms with Gasteiger partial charge in [-0.2, -0.15) is 0 Å². The number of carboxylic acids is 1. The Bertz CT molecular complexity index is 826. The highest BCUT2D eigenvalue weighted by molar-refractivity contribution is 6.42. The van der Waals surface area contributed by atoms with Gasteiger partial charge in [0.15, 0.2) is 5.69 Å². The summed E-state index contributed by atoms with van der Waals surface area (Å²) >= 11 is 11.9. The van der Waals surface area contributed by atoms with Crippen LogP contribution in [0.1, 0.15) is 23.3 Å². The van der Waals surface area contributed by atoms with E-state index < -0.39 is 5.97 Å². The van der Waals surface area contributed by atoms with Crippen molar-refractivity contribution in [2.75, 3.05) is 13.1 Å². The largest absolute Gasteiger partial charge is 0.489 e. The van der Waals surface area contributed by atoms with Crippen LogP contribution in [0, 0.1) is 0 Å². The molecule has 1 aliphatic rings. The monoisotopic (exact) mass is 398 g/mol. The Morgan fingerprint density at radius 3 is 2.81 bits per heavy atom. The standard InChI is InChI=1S/C16H16Cl2N4O4/c17-12-4-3-10(6-13(12)18)26-11-2-1-5-21(7-11)15(23)9-22-8-14(16(24)25)19-20-22/h3-4,6,8,11H,1-2,5,7,9H2,(H,24,25). The Labute approximate surface area is 159 Å². The molecule has 10 heteroatoms. The van der Waals surface area contributed by atoms with E-state index in [1.165, 1.54) is 10.9 Å². The lowest BCUT2D eigenvalue weighted by Crippen LogP contribution is -2.45. The van der Waals surface area contributed by atoms with Crippen molar-refractivity contribution in [3.8, 4) is 5.75 Å². The first-order valence-corrected chi connectivity index (χ1v) is 8.71. The minimum Gasteiger partial charge on any atom is -0.489 e. The summed E-state index contributed by atoms with van der Waals surface area (Å²) in [6.45, 7) is 0.972. The van der Waals surface area contributed by atoms with Crippen molar-refractivity contribution >= 4 is 35.1 Å². The van der Waals surface area contributed by atoms with Crippen LogP contribution in [0.5, 0.6) is 5.75 Å². The van der Waals surface area contributed by atoms with E-state index in [0.29, 0.717) is 28.9 Å². The number of nitrogens with zero attached hydrogens (tertiary/aromatic N) is 4. The van der Waals surface area contributed by atoms with Gasteiger partial charge in [0, 0.05) is 12.6 Å². The minimum absolute atomic E-state index is 0.0697. The number of rotatable bonds is 5. The molecule has 1 atom stereocenters. The first-order valence-electron chi connectivity index (χ1n) is 7.95. The second kappa shape index (κ2) is 7.92. The molecule has 2 aromatic rings. The molecule has 1 N–H and O–H groups in total. The number of amides is 1. The minimum atomic E-state index is -1.18. The van der Waals surface area contributed by atoms with Gasteiger partial charge in [0.25, 0.3) is 0 Å². The summed E-state index contributed by atoms with van der Waals surface area (Å²) in [6, 6.07) is 5.04. The summed E-state index contributed by atoms with van der Waals surface area (Å²) in [5.41, 5.74) is -0.197. The van der Waals surface area contributed by atoms with Crippen molar-refractivity contribution in [2.24, 2.45) is 0 Å². The van der Waals surface area contributed by atoms with E-state index in [-0.39, 0.29) is 24.2 Å². The third kappa shape index (κ3) is 4.44. The number of carbonyl (C=O) groups excluding carboxylic acids is 1. The lowest BCUT2D eigenvalue weighted by Gasteiger charge is -2.33. The fourth-order valence-electron chi connectivity index (χ4n) is 2.72. The van der Waals surface area contributed by atoms with E-state index in [1.54, 1.807) is 23.1 Å². The number of benzene rings is 1. The first kappa shape index (κ1) is 18.5. The van der Waals surface area contributed by atoms with Gasteiger partial charge in [-0.1, -0.05) is 28.4 Å². The molecule has 1 aromatic carbocycles. The quantitative estimate of drug-likeness (QED) is 0.829. The maximum absolute atomic E-state index is 12.4. The Balaban J connectivity index is 1.59. The van der Waals surface area contributed by atoms with Gasteiger partial charge in [0.2, 0.25) is 5.91 Å². The Morgan fingerprint density at radius 1 is 1.31 bits per heavy atom. The second-order valence-corrected chi connectivity index (χ2v) is 6.72. The van der Waals surface area contributed by atoms with E-state index >= 15 is 0 Å². The number of hydrogen-bond acceptors (Lipinski definition) is 5. The molecule has 0 aliphatic carbocycles. The Morgan fingerprint density at radius 2 is 2.12 bits per heavy atom. The SMILES string of the molecule is O=C(O)c1cn(CC(=O)N2CCCC(Oc3ccc(Cl)c(Cl)c3)C2)nn1. The molecule has 2 heterocycles. The van der Waals surface area contributed by atoms with Crippen molar-refractivity contribution < 1.29 is 19.4 Å². The van der Waals surface area contributed by atoms with Gasteiger partial charge in [-0.05, 0) is 25.0 Å². The zero-order valence-electron chi connectivity index (χ0n) is 13.6. The van der Waals surface area contributed by atoms with Gasteiger partial charge >= 0.3 is 5.97 Å². The molecule has 1 aromatic heterocycles. The molecule has 0 bridgehead atoms. The zero-order chi connectivity index (χ0) is 18.7. The van der Waals surface area contributed by atoms with Gasteiger partial charge in [-0.15, -0.1) is 5.10 Å². The summed E-state index contributed by atoms with van der Waals surface area (Å²) in [4.78, 5) is 24.9. The molecule has 1 unspecified atom stereocenters. The molecule has 8 nitrogen and oxygen atoms in total. The number of halogens is 2. The molecule has 138 valence electrons. The number of ether oxygens (including phenoxy) is 1. The van der Waals surface area contributed by atoms with Gasteiger partial charge in [0.1, 0.15) is 18.4 Å². The average Bonchev–Trinajstić information content (AvgIpc) is 3.07. The Kier molecular flexibility index (Phi) is 5.63. The summed E-state index contributed by atoms with van der Waals surface area (Å²) < 4.78 is 7.13. The fraction of sp³-hybridized carbons (Fsp3) is 0.375. The summed E-state index contributed by atoms with van der Waals surface area (Å²) in [5.74, 6) is -0.757. The molecule has 26 heavy (non-hydrogen) atoms. The van der Waals surface area contributed by atoms with Crippen LogP contribution >= 0.6 is 23.2 Å². The summed E-state index contributed by atoms with van der Waals surface area (Å²) in [5, 5.41) is 16.9. The van der Waals surface area contributed by atoms with Crippen LogP contribution in [0.4, 0.5) is 0 Å². The predicted octanol–water partition coefficient (Wildman–Crippen LogP) is 2.35. The van der Waals surface area contributed by atoms with Gasteiger partial charge < -0.3 is 14.7 Å². The van der Waals surface area contributed by atoms with Gasteiger partial charge in [0.05, 0.1) is 22.8 Å². The molecule has 1 saturated heterocycles. The van der Waals surface area contributed by atoms with Crippen LogP contribution < -0.4 is 4.74 Å². The summed E-state index contributed by atoms with van der Waals surface area (Å²) in [7, 11) is 0. The van der Waals surface area contributed by atoms with E-state index in [0.717, 1.165) is 12.8 Å². The Hall–Kier alpha value is -2.32. The molecule has 0 saturated carbocycles. The van der Waals surface area contributed by atoms with E-state index in [9.17, 15) is 9.59 Å². The van der Waals surface area contributed by atoms with Crippen LogP contribution in [-0.4, -0.2) is 56.1 Å². The molecular weight excluding hydrogens is 383 g/mol. The third-order valence-corrected chi connectivity index (χ3v) is 4.72.